The van der Waals surface area contributed by atoms with Crippen LogP contribution < -0.4 is 15.8 Å². The zero-order chi connectivity index (χ0) is 18.0. The number of hydrogen-bond donors (Lipinski definition) is 1. The highest BCUT2D eigenvalue weighted by atomic mass is 16.5. The third-order valence-electron chi connectivity index (χ3n) is 3.76. The fourth-order valence-corrected chi connectivity index (χ4v) is 2.61. The summed E-state index contributed by atoms with van der Waals surface area (Å²) in [5.74, 6) is 0.104. The van der Waals surface area contributed by atoms with Crippen LogP contribution in [0.4, 0.5) is 5.69 Å². The van der Waals surface area contributed by atoms with Gasteiger partial charge in [-0.1, -0.05) is 18.2 Å². The second kappa shape index (κ2) is 6.84. The van der Waals surface area contributed by atoms with Gasteiger partial charge >= 0.3 is 5.76 Å². The van der Waals surface area contributed by atoms with Crippen molar-refractivity contribution >= 4 is 22.7 Å². The first kappa shape index (κ1) is 16.8. The zero-order valence-corrected chi connectivity index (χ0v) is 14.4. The minimum absolute atomic E-state index is 0.0348. The van der Waals surface area contributed by atoms with Crippen LogP contribution in [-0.2, 0) is 18.3 Å². The Hall–Kier alpha value is -3.02. The highest BCUT2D eigenvalue weighted by Crippen LogP contribution is 2.21. The first-order chi connectivity index (χ1) is 11.9. The lowest BCUT2D eigenvalue weighted by molar-refractivity contribution is -0.115. The summed E-state index contributed by atoms with van der Waals surface area (Å²) in [6.07, 6.45) is 0.229. The Labute approximate surface area is 145 Å². The molecule has 0 aliphatic rings. The minimum Gasteiger partial charge on any atom is -0.491 e. The maximum Gasteiger partial charge on any atom is 0.419 e. The Morgan fingerprint density at radius 3 is 2.76 bits per heavy atom. The lowest BCUT2D eigenvalue weighted by atomic mass is 10.1. The molecule has 0 spiro atoms. The molecule has 1 heterocycles. The van der Waals surface area contributed by atoms with Crippen LogP contribution >= 0.6 is 0 Å². The predicted octanol–water partition coefficient (Wildman–Crippen LogP) is 3.10. The standard InChI is InChI=1S/C19H20N2O4/c1-12(2)24-16-7-5-4-6-13(16)10-18(22)20-14-8-9-15-17(11-14)25-19(23)21(15)3/h4-9,11-12H,10H2,1-3H3,(H,20,22). The van der Waals surface area contributed by atoms with Gasteiger partial charge in [0, 0.05) is 24.4 Å². The summed E-state index contributed by atoms with van der Waals surface area (Å²) in [6, 6.07) is 12.6. The van der Waals surface area contributed by atoms with Crippen LogP contribution in [-0.4, -0.2) is 16.6 Å². The Morgan fingerprint density at radius 2 is 2.00 bits per heavy atom. The number of fused-ring (bicyclic) bond motifs is 1. The van der Waals surface area contributed by atoms with Crippen LogP contribution in [0.2, 0.25) is 0 Å². The molecule has 0 aliphatic carbocycles. The zero-order valence-electron chi connectivity index (χ0n) is 14.4. The molecule has 0 aliphatic heterocycles. The van der Waals surface area contributed by atoms with Crippen LogP contribution in [0.3, 0.4) is 0 Å². The van der Waals surface area contributed by atoms with Crippen molar-refractivity contribution in [1.29, 1.82) is 0 Å². The van der Waals surface area contributed by atoms with Crippen LogP contribution in [0.15, 0.2) is 51.7 Å². The van der Waals surface area contributed by atoms with E-state index in [1.807, 2.05) is 38.1 Å². The number of carbonyl (C=O) groups excluding carboxylic acids is 1. The van der Waals surface area contributed by atoms with Crippen LogP contribution in [0.25, 0.3) is 11.1 Å². The number of anilines is 1. The van der Waals surface area contributed by atoms with Gasteiger partial charge in [0.25, 0.3) is 0 Å². The molecular formula is C19H20N2O4. The van der Waals surface area contributed by atoms with Crippen molar-refractivity contribution in [3.05, 3.63) is 58.6 Å². The van der Waals surface area contributed by atoms with Crippen molar-refractivity contribution in [2.75, 3.05) is 5.32 Å². The number of ether oxygens (including phenoxy) is 1. The van der Waals surface area contributed by atoms with Gasteiger partial charge in [0.1, 0.15) is 5.75 Å². The first-order valence-electron chi connectivity index (χ1n) is 8.08. The molecule has 130 valence electrons. The van der Waals surface area contributed by atoms with E-state index in [2.05, 4.69) is 5.32 Å². The molecule has 0 radical (unpaired) electrons. The summed E-state index contributed by atoms with van der Waals surface area (Å²) >= 11 is 0. The number of para-hydroxylation sites is 1. The number of rotatable bonds is 5. The van der Waals surface area contributed by atoms with Gasteiger partial charge in [0.2, 0.25) is 5.91 Å². The summed E-state index contributed by atoms with van der Waals surface area (Å²) in [7, 11) is 1.64. The van der Waals surface area contributed by atoms with E-state index >= 15 is 0 Å². The number of amides is 1. The van der Waals surface area contributed by atoms with Gasteiger partial charge in [-0.05, 0) is 32.0 Å². The summed E-state index contributed by atoms with van der Waals surface area (Å²) in [5, 5.41) is 2.83. The number of aryl methyl sites for hydroxylation is 1. The normalized spacial score (nSPS) is 11.0. The molecule has 25 heavy (non-hydrogen) atoms. The monoisotopic (exact) mass is 340 g/mol. The van der Waals surface area contributed by atoms with E-state index < -0.39 is 5.76 Å². The number of oxazole rings is 1. The highest BCUT2D eigenvalue weighted by Gasteiger charge is 2.12. The highest BCUT2D eigenvalue weighted by molar-refractivity contribution is 5.94. The molecule has 1 aromatic heterocycles. The van der Waals surface area contributed by atoms with Crippen molar-refractivity contribution in [1.82, 2.24) is 4.57 Å². The second-order valence-corrected chi connectivity index (χ2v) is 6.11. The van der Waals surface area contributed by atoms with E-state index in [0.717, 1.165) is 5.56 Å². The molecule has 0 atom stereocenters. The minimum atomic E-state index is -0.432. The molecule has 3 rings (SSSR count). The fourth-order valence-electron chi connectivity index (χ4n) is 2.61. The lowest BCUT2D eigenvalue weighted by Gasteiger charge is -2.14. The number of hydrogen-bond acceptors (Lipinski definition) is 4. The SMILES string of the molecule is CC(C)Oc1ccccc1CC(=O)Nc1ccc2c(c1)oc(=O)n2C. The van der Waals surface area contributed by atoms with Gasteiger partial charge in [-0.25, -0.2) is 4.79 Å². The number of carbonyl (C=O) groups is 1. The second-order valence-electron chi connectivity index (χ2n) is 6.11. The number of benzene rings is 2. The van der Waals surface area contributed by atoms with E-state index in [9.17, 15) is 9.59 Å². The smallest absolute Gasteiger partial charge is 0.419 e. The van der Waals surface area contributed by atoms with E-state index in [-0.39, 0.29) is 18.4 Å². The van der Waals surface area contributed by atoms with Crippen molar-refractivity contribution in [2.24, 2.45) is 7.05 Å². The largest absolute Gasteiger partial charge is 0.491 e. The maximum atomic E-state index is 12.4. The summed E-state index contributed by atoms with van der Waals surface area (Å²) in [5.41, 5.74) is 2.52. The average Bonchev–Trinajstić information content (AvgIpc) is 2.83. The summed E-state index contributed by atoms with van der Waals surface area (Å²) in [4.78, 5) is 23.9. The van der Waals surface area contributed by atoms with Gasteiger partial charge in [-0.3, -0.25) is 9.36 Å². The van der Waals surface area contributed by atoms with E-state index in [1.165, 1.54) is 4.57 Å². The molecular weight excluding hydrogens is 320 g/mol. The van der Waals surface area contributed by atoms with Crippen molar-refractivity contribution in [3.8, 4) is 5.75 Å². The van der Waals surface area contributed by atoms with Gasteiger partial charge in [0.15, 0.2) is 5.58 Å². The Bertz CT molecular complexity index is 969. The Morgan fingerprint density at radius 1 is 1.24 bits per heavy atom. The van der Waals surface area contributed by atoms with E-state index in [4.69, 9.17) is 9.15 Å². The van der Waals surface area contributed by atoms with Crippen molar-refractivity contribution in [3.63, 3.8) is 0 Å². The Kier molecular flexibility index (Phi) is 4.61. The molecule has 2 aromatic carbocycles. The molecule has 0 bridgehead atoms. The topological polar surface area (TPSA) is 73.5 Å². The van der Waals surface area contributed by atoms with Crippen LogP contribution in [0.1, 0.15) is 19.4 Å². The third-order valence-corrected chi connectivity index (χ3v) is 3.76. The lowest BCUT2D eigenvalue weighted by Crippen LogP contribution is -2.16. The molecule has 0 saturated carbocycles. The van der Waals surface area contributed by atoms with Crippen LogP contribution in [0, 0.1) is 0 Å². The van der Waals surface area contributed by atoms with E-state index in [1.54, 1.807) is 25.2 Å². The summed E-state index contributed by atoms with van der Waals surface area (Å²) < 4.78 is 12.3. The number of nitrogens with one attached hydrogen (secondary N) is 1. The first-order valence-corrected chi connectivity index (χ1v) is 8.08. The molecule has 0 saturated heterocycles. The molecule has 3 aromatic rings. The predicted molar refractivity (Wildman–Crippen MR) is 96.0 cm³/mol. The van der Waals surface area contributed by atoms with E-state index in [0.29, 0.717) is 22.5 Å². The quantitative estimate of drug-likeness (QED) is 0.774. The Balaban J connectivity index is 1.76. The number of aromatic nitrogens is 1. The van der Waals surface area contributed by atoms with Crippen molar-refractivity contribution in [2.45, 2.75) is 26.4 Å². The fraction of sp³-hybridized carbons (Fsp3) is 0.263. The third kappa shape index (κ3) is 3.74. The molecule has 0 unspecified atom stereocenters. The van der Waals surface area contributed by atoms with Crippen molar-refractivity contribution < 1.29 is 13.9 Å². The molecule has 1 amide bonds. The molecule has 1 N–H and O–H groups in total. The maximum absolute atomic E-state index is 12.4. The van der Waals surface area contributed by atoms with Crippen LogP contribution in [0.5, 0.6) is 5.75 Å². The molecule has 6 nitrogen and oxygen atoms in total. The van der Waals surface area contributed by atoms with Gasteiger partial charge in [-0.2, -0.15) is 0 Å². The molecule has 0 fully saturated rings. The van der Waals surface area contributed by atoms with Gasteiger partial charge in [-0.15, -0.1) is 0 Å². The van der Waals surface area contributed by atoms with Gasteiger partial charge in [0.05, 0.1) is 18.0 Å². The van der Waals surface area contributed by atoms with Gasteiger partial charge < -0.3 is 14.5 Å². The molecule has 6 heteroatoms. The summed E-state index contributed by atoms with van der Waals surface area (Å²) in [6.45, 7) is 3.89. The average molecular weight is 340 g/mol. The number of nitrogens with zero attached hydrogens (tertiary/aromatic N) is 1.